The number of aromatic nitrogens is 1. The highest BCUT2D eigenvalue weighted by molar-refractivity contribution is 9.10. The number of rotatable bonds is 4. The molecule has 0 aliphatic rings. The van der Waals surface area contributed by atoms with Crippen molar-refractivity contribution in [2.45, 2.75) is 13.3 Å². The van der Waals surface area contributed by atoms with E-state index in [-0.39, 0.29) is 22.7 Å². The maximum Gasteiger partial charge on any atom is 0.357 e. The molecule has 0 amide bonds. The quantitative estimate of drug-likeness (QED) is 0.653. The Morgan fingerprint density at radius 3 is 2.70 bits per heavy atom. The van der Waals surface area contributed by atoms with Crippen LogP contribution < -0.4 is 5.73 Å². The standard InChI is InChI=1S/C16H14BrN3O3/c1-3-13(21)11-5-4-10(17)6-12(11)20-8-9(7-18)14(19)15(20)16(22)23-2/h4-6,8H,3,19H2,1-2H3. The number of hydrogen-bond acceptors (Lipinski definition) is 5. The Hall–Kier alpha value is -2.59. The molecular weight excluding hydrogens is 362 g/mol. The third-order valence-corrected chi connectivity index (χ3v) is 3.88. The first kappa shape index (κ1) is 16.8. The second-order valence-corrected chi connectivity index (χ2v) is 5.63. The molecule has 1 heterocycles. The van der Waals surface area contributed by atoms with Gasteiger partial charge in [0.15, 0.2) is 11.5 Å². The molecule has 0 radical (unpaired) electrons. The van der Waals surface area contributed by atoms with Gasteiger partial charge >= 0.3 is 5.97 Å². The lowest BCUT2D eigenvalue weighted by Gasteiger charge is -2.13. The van der Waals surface area contributed by atoms with E-state index in [1.165, 1.54) is 17.9 Å². The number of carbonyl (C=O) groups excluding carboxylic acids is 2. The van der Waals surface area contributed by atoms with E-state index in [9.17, 15) is 9.59 Å². The molecule has 2 N–H and O–H groups in total. The number of anilines is 1. The minimum absolute atomic E-state index is 0.0207. The number of ether oxygens (including phenoxy) is 1. The van der Waals surface area contributed by atoms with Crippen molar-refractivity contribution in [1.82, 2.24) is 4.57 Å². The number of nitrogen functional groups attached to an aromatic ring is 1. The zero-order valence-corrected chi connectivity index (χ0v) is 14.2. The van der Waals surface area contributed by atoms with Gasteiger partial charge in [0.1, 0.15) is 6.07 Å². The highest BCUT2D eigenvalue weighted by atomic mass is 79.9. The van der Waals surface area contributed by atoms with E-state index in [0.29, 0.717) is 17.7 Å². The van der Waals surface area contributed by atoms with Crippen LogP contribution in [0, 0.1) is 11.3 Å². The van der Waals surface area contributed by atoms with Crippen LogP contribution in [0.25, 0.3) is 5.69 Å². The van der Waals surface area contributed by atoms with Crippen LogP contribution in [0.5, 0.6) is 0 Å². The zero-order valence-electron chi connectivity index (χ0n) is 12.6. The Morgan fingerprint density at radius 1 is 1.43 bits per heavy atom. The molecule has 0 atom stereocenters. The normalized spacial score (nSPS) is 10.2. The van der Waals surface area contributed by atoms with Gasteiger partial charge in [-0.25, -0.2) is 4.79 Å². The maximum atomic E-state index is 12.2. The third kappa shape index (κ3) is 2.98. The van der Waals surface area contributed by atoms with E-state index < -0.39 is 5.97 Å². The van der Waals surface area contributed by atoms with Crippen molar-refractivity contribution in [2.75, 3.05) is 12.8 Å². The van der Waals surface area contributed by atoms with Crippen LogP contribution in [0.15, 0.2) is 28.9 Å². The summed E-state index contributed by atoms with van der Waals surface area (Å²) in [5.74, 6) is -0.770. The Kier molecular flexibility index (Phi) is 4.86. The average molecular weight is 376 g/mol. The van der Waals surface area contributed by atoms with Crippen LogP contribution in [0.4, 0.5) is 5.69 Å². The summed E-state index contributed by atoms with van der Waals surface area (Å²) in [6, 6.07) is 7.02. The number of esters is 1. The molecule has 2 rings (SSSR count). The number of nitrogens with two attached hydrogens (primary N) is 1. The monoisotopic (exact) mass is 375 g/mol. The number of nitriles is 1. The minimum Gasteiger partial charge on any atom is -0.464 e. The molecule has 2 aromatic rings. The Labute approximate surface area is 141 Å². The van der Waals surface area contributed by atoms with Crippen LogP contribution in [-0.2, 0) is 4.74 Å². The molecule has 7 heteroatoms. The lowest BCUT2D eigenvalue weighted by atomic mass is 10.1. The fraction of sp³-hybridized carbons (Fsp3) is 0.188. The maximum absolute atomic E-state index is 12.2. The molecule has 0 aliphatic carbocycles. The summed E-state index contributed by atoms with van der Waals surface area (Å²) in [7, 11) is 1.23. The van der Waals surface area contributed by atoms with Gasteiger partial charge in [0.2, 0.25) is 0 Å². The van der Waals surface area contributed by atoms with Crippen molar-refractivity contribution >= 4 is 33.4 Å². The first-order valence-corrected chi connectivity index (χ1v) is 7.56. The van der Waals surface area contributed by atoms with Crippen LogP contribution in [0.2, 0.25) is 0 Å². The summed E-state index contributed by atoms with van der Waals surface area (Å²) in [5.41, 5.74) is 6.96. The van der Waals surface area contributed by atoms with E-state index in [0.717, 1.165) is 4.47 Å². The summed E-state index contributed by atoms with van der Waals surface area (Å²) in [5, 5.41) is 9.17. The average Bonchev–Trinajstić information content (AvgIpc) is 2.89. The Morgan fingerprint density at radius 2 is 2.13 bits per heavy atom. The molecule has 0 bridgehead atoms. The predicted octanol–water partition coefficient (Wildman–Crippen LogP) is 3.07. The third-order valence-electron chi connectivity index (χ3n) is 3.38. The lowest BCUT2D eigenvalue weighted by Crippen LogP contribution is -2.13. The van der Waals surface area contributed by atoms with E-state index in [1.807, 2.05) is 6.07 Å². The van der Waals surface area contributed by atoms with Crippen molar-refractivity contribution in [3.05, 3.63) is 45.7 Å². The molecule has 0 saturated carbocycles. The van der Waals surface area contributed by atoms with Gasteiger partial charge in [-0.05, 0) is 18.2 Å². The van der Waals surface area contributed by atoms with Gasteiger partial charge in [0.25, 0.3) is 0 Å². The molecule has 0 saturated heterocycles. The van der Waals surface area contributed by atoms with Crippen LogP contribution in [-0.4, -0.2) is 23.4 Å². The van der Waals surface area contributed by atoms with Crippen molar-refractivity contribution in [3.63, 3.8) is 0 Å². The van der Waals surface area contributed by atoms with Crippen LogP contribution >= 0.6 is 15.9 Å². The molecule has 1 aromatic carbocycles. The number of ketones is 1. The fourth-order valence-electron chi connectivity index (χ4n) is 2.23. The van der Waals surface area contributed by atoms with Crippen molar-refractivity contribution < 1.29 is 14.3 Å². The minimum atomic E-state index is -0.682. The van der Waals surface area contributed by atoms with Gasteiger partial charge in [-0.2, -0.15) is 5.26 Å². The predicted molar refractivity (Wildman–Crippen MR) is 88.6 cm³/mol. The molecule has 0 aliphatic heterocycles. The highest BCUT2D eigenvalue weighted by Crippen LogP contribution is 2.29. The molecule has 118 valence electrons. The molecule has 23 heavy (non-hydrogen) atoms. The molecule has 0 fully saturated rings. The largest absolute Gasteiger partial charge is 0.464 e. The number of halogens is 1. The summed E-state index contributed by atoms with van der Waals surface area (Å²) >= 11 is 3.35. The number of Topliss-reactive ketones (excluding diaryl/α,β-unsaturated/α-hetero) is 1. The van der Waals surface area contributed by atoms with Gasteiger partial charge in [-0.15, -0.1) is 0 Å². The van der Waals surface area contributed by atoms with E-state index in [4.69, 9.17) is 15.7 Å². The van der Waals surface area contributed by atoms with Gasteiger partial charge in [-0.3, -0.25) is 4.79 Å². The summed E-state index contributed by atoms with van der Waals surface area (Å²) < 4.78 is 6.90. The van der Waals surface area contributed by atoms with Gasteiger partial charge < -0.3 is 15.0 Å². The molecule has 1 aromatic heterocycles. The number of nitrogens with zero attached hydrogens (tertiary/aromatic N) is 2. The lowest BCUT2D eigenvalue weighted by molar-refractivity contribution is 0.0592. The SMILES string of the molecule is CCC(=O)c1ccc(Br)cc1-n1cc(C#N)c(N)c1C(=O)OC. The first-order valence-electron chi connectivity index (χ1n) is 6.76. The van der Waals surface area contributed by atoms with Crippen LogP contribution in [0.3, 0.4) is 0 Å². The van der Waals surface area contributed by atoms with Crippen LogP contribution in [0.1, 0.15) is 39.8 Å². The second-order valence-electron chi connectivity index (χ2n) is 4.72. The smallest absolute Gasteiger partial charge is 0.357 e. The fourth-order valence-corrected chi connectivity index (χ4v) is 2.58. The second kappa shape index (κ2) is 6.67. The molecule has 0 unspecified atom stereocenters. The van der Waals surface area contributed by atoms with E-state index in [1.54, 1.807) is 25.1 Å². The number of methoxy groups -OCH3 is 1. The summed E-state index contributed by atoms with van der Waals surface area (Å²) in [6.07, 6.45) is 1.74. The number of carbonyl (C=O) groups is 2. The summed E-state index contributed by atoms with van der Waals surface area (Å²) in [6.45, 7) is 1.75. The number of benzene rings is 1. The summed E-state index contributed by atoms with van der Waals surface area (Å²) in [4.78, 5) is 24.3. The van der Waals surface area contributed by atoms with Crippen molar-refractivity contribution in [3.8, 4) is 11.8 Å². The van der Waals surface area contributed by atoms with Crippen molar-refractivity contribution in [2.24, 2.45) is 0 Å². The zero-order chi connectivity index (χ0) is 17.1. The highest BCUT2D eigenvalue weighted by Gasteiger charge is 2.24. The van der Waals surface area contributed by atoms with E-state index in [2.05, 4.69) is 15.9 Å². The molecule has 6 nitrogen and oxygen atoms in total. The topological polar surface area (TPSA) is 98.1 Å². The molecular formula is C16H14BrN3O3. The molecule has 0 spiro atoms. The first-order chi connectivity index (χ1) is 10.9. The Balaban J connectivity index is 2.82. The van der Waals surface area contributed by atoms with Gasteiger partial charge in [0.05, 0.1) is 24.0 Å². The Bertz CT molecular complexity index is 834. The van der Waals surface area contributed by atoms with E-state index >= 15 is 0 Å². The van der Waals surface area contributed by atoms with Gasteiger partial charge in [-0.1, -0.05) is 22.9 Å². The number of hydrogen-bond donors (Lipinski definition) is 1. The van der Waals surface area contributed by atoms with Gasteiger partial charge in [0, 0.05) is 22.7 Å². The van der Waals surface area contributed by atoms with Crippen molar-refractivity contribution in [1.29, 1.82) is 5.26 Å².